The topological polar surface area (TPSA) is 57.2 Å². The maximum atomic E-state index is 11.7. The van der Waals surface area contributed by atoms with E-state index in [1.807, 2.05) is 6.07 Å². The average Bonchev–Trinajstić information content (AvgIpc) is 2.80. The minimum Gasteiger partial charge on any atom is -0.465 e. The number of hydrogen-bond acceptors (Lipinski definition) is 3. The SMILES string of the molecule is CCOC(=O)C(N)Cc1cc(C)n(CCc2ccccc2)c1C. The lowest BCUT2D eigenvalue weighted by molar-refractivity contribution is -0.144. The van der Waals surface area contributed by atoms with Crippen molar-refractivity contribution in [2.75, 3.05) is 6.61 Å². The van der Waals surface area contributed by atoms with Gasteiger partial charge in [0.05, 0.1) is 6.61 Å². The van der Waals surface area contributed by atoms with Gasteiger partial charge in [-0.3, -0.25) is 4.79 Å². The molecule has 2 rings (SSSR count). The molecule has 0 radical (unpaired) electrons. The molecular formula is C19H26N2O2. The number of carbonyl (C=O) groups excluding carboxylic acids is 1. The number of nitrogens with two attached hydrogens (primary N) is 1. The highest BCUT2D eigenvalue weighted by atomic mass is 16.5. The number of ether oxygens (including phenoxy) is 1. The molecule has 1 aromatic carbocycles. The molecule has 0 aliphatic heterocycles. The number of benzene rings is 1. The van der Waals surface area contributed by atoms with E-state index in [9.17, 15) is 4.79 Å². The Morgan fingerprint density at radius 3 is 2.61 bits per heavy atom. The van der Waals surface area contributed by atoms with Gasteiger partial charge in [0.1, 0.15) is 6.04 Å². The van der Waals surface area contributed by atoms with Gasteiger partial charge < -0.3 is 15.0 Å². The molecule has 0 saturated heterocycles. The largest absolute Gasteiger partial charge is 0.465 e. The second kappa shape index (κ2) is 7.97. The molecule has 0 aliphatic rings. The van der Waals surface area contributed by atoms with E-state index < -0.39 is 6.04 Å². The Labute approximate surface area is 138 Å². The summed E-state index contributed by atoms with van der Waals surface area (Å²) >= 11 is 0. The third-order valence-electron chi connectivity index (χ3n) is 4.17. The summed E-state index contributed by atoms with van der Waals surface area (Å²) < 4.78 is 7.28. The summed E-state index contributed by atoms with van der Waals surface area (Å²) in [5, 5.41) is 0. The molecule has 0 spiro atoms. The molecule has 0 fully saturated rings. The van der Waals surface area contributed by atoms with E-state index >= 15 is 0 Å². The summed E-state index contributed by atoms with van der Waals surface area (Å²) in [7, 11) is 0. The molecule has 0 aliphatic carbocycles. The van der Waals surface area contributed by atoms with Crippen LogP contribution in [0.15, 0.2) is 36.4 Å². The van der Waals surface area contributed by atoms with E-state index in [0.29, 0.717) is 13.0 Å². The molecule has 2 aromatic rings. The second-order valence-electron chi connectivity index (χ2n) is 5.85. The van der Waals surface area contributed by atoms with Crippen molar-refractivity contribution in [3.63, 3.8) is 0 Å². The molecule has 23 heavy (non-hydrogen) atoms. The summed E-state index contributed by atoms with van der Waals surface area (Å²) in [5.41, 5.74) is 10.8. The summed E-state index contributed by atoms with van der Waals surface area (Å²) in [5.74, 6) is -0.332. The van der Waals surface area contributed by atoms with Gasteiger partial charge in [0.25, 0.3) is 0 Å². The summed E-state index contributed by atoms with van der Waals surface area (Å²) in [6.45, 7) is 7.27. The van der Waals surface area contributed by atoms with Crippen LogP contribution in [-0.4, -0.2) is 23.2 Å². The number of nitrogens with zero attached hydrogens (tertiary/aromatic N) is 1. The Morgan fingerprint density at radius 2 is 1.96 bits per heavy atom. The standard InChI is InChI=1S/C19H26N2O2/c1-4-23-19(22)18(20)13-17-12-14(2)21(15(17)3)11-10-16-8-6-5-7-9-16/h5-9,12,18H,4,10-11,13,20H2,1-3H3. The van der Waals surface area contributed by atoms with Crippen molar-refractivity contribution >= 4 is 5.97 Å². The molecule has 1 unspecified atom stereocenters. The van der Waals surface area contributed by atoms with Crippen LogP contribution in [0.25, 0.3) is 0 Å². The Kier molecular flexibility index (Phi) is 5.99. The van der Waals surface area contributed by atoms with Gasteiger partial charge in [-0.05, 0) is 50.8 Å². The summed E-state index contributed by atoms with van der Waals surface area (Å²) in [4.78, 5) is 11.7. The lowest BCUT2D eigenvalue weighted by atomic mass is 10.1. The first-order valence-corrected chi connectivity index (χ1v) is 8.14. The minimum atomic E-state index is -0.599. The van der Waals surface area contributed by atoms with Crippen LogP contribution in [0.3, 0.4) is 0 Å². The highest BCUT2D eigenvalue weighted by molar-refractivity contribution is 5.75. The van der Waals surface area contributed by atoms with Crippen molar-refractivity contribution in [3.8, 4) is 0 Å². The zero-order valence-corrected chi connectivity index (χ0v) is 14.2. The highest BCUT2D eigenvalue weighted by Gasteiger charge is 2.18. The molecular weight excluding hydrogens is 288 g/mol. The zero-order chi connectivity index (χ0) is 16.8. The first kappa shape index (κ1) is 17.3. The fourth-order valence-electron chi connectivity index (χ4n) is 2.88. The normalized spacial score (nSPS) is 12.2. The lowest BCUT2D eigenvalue weighted by Gasteiger charge is -2.12. The summed E-state index contributed by atoms with van der Waals surface area (Å²) in [6.07, 6.45) is 1.50. The van der Waals surface area contributed by atoms with Crippen LogP contribution >= 0.6 is 0 Å². The average molecular weight is 314 g/mol. The molecule has 0 bridgehead atoms. The Balaban J connectivity index is 2.05. The van der Waals surface area contributed by atoms with Gasteiger partial charge in [-0.25, -0.2) is 0 Å². The number of aryl methyl sites for hydroxylation is 2. The van der Waals surface area contributed by atoms with Crippen LogP contribution < -0.4 is 5.73 Å². The molecule has 1 aromatic heterocycles. The van der Waals surface area contributed by atoms with E-state index in [1.54, 1.807) is 6.92 Å². The van der Waals surface area contributed by atoms with E-state index in [0.717, 1.165) is 18.5 Å². The van der Waals surface area contributed by atoms with Crippen LogP contribution in [0.2, 0.25) is 0 Å². The van der Waals surface area contributed by atoms with Gasteiger partial charge in [-0.15, -0.1) is 0 Å². The lowest BCUT2D eigenvalue weighted by Crippen LogP contribution is -2.34. The molecule has 0 saturated carbocycles. The zero-order valence-electron chi connectivity index (χ0n) is 14.2. The molecule has 0 amide bonds. The van der Waals surface area contributed by atoms with Gasteiger partial charge in [0.15, 0.2) is 0 Å². The predicted octanol–water partition coefficient (Wildman–Crippen LogP) is 2.78. The highest BCUT2D eigenvalue weighted by Crippen LogP contribution is 2.18. The predicted molar refractivity (Wildman–Crippen MR) is 92.4 cm³/mol. The molecule has 1 heterocycles. The molecule has 124 valence electrons. The van der Waals surface area contributed by atoms with E-state index in [1.165, 1.54) is 17.0 Å². The molecule has 4 heteroatoms. The first-order chi connectivity index (χ1) is 11.0. The van der Waals surface area contributed by atoms with Gasteiger partial charge in [0, 0.05) is 17.9 Å². The van der Waals surface area contributed by atoms with Crippen LogP contribution in [0, 0.1) is 13.8 Å². The second-order valence-corrected chi connectivity index (χ2v) is 5.85. The third-order valence-corrected chi connectivity index (χ3v) is 4.17. The smallest absolute Gasteiger partial charge is 0.323 e. The number of rotatable bonds is 7. The quantitative estimate of drug-likeness (QED) is 0.800. The van der Waals surface area contributed by atoms with E-state index in [2.05, 4.69) is 48.7 Å². The Morgan fingerprint density at radius 1 is 1.26 bits per heavy atom. The number of hydrogen-bond donors (Lipinski definition) is 1. The molecule has 1 atom stereocenters. The van der Waals surface area contributed by atoms with Gasteiger partial charge in [0.2, 0.25) is 0 Å². The van der Waals surface area contributed by atoms with Gasteiger partial charge in [-0.2, -0.15) is 0 Å². The van der Waals surface area contributed by atoms with Crippen molar-refractivity contribution in [2.24, 2.45) is 5.73 Å². The van der Waals surface area contributed by atoms with E-state index in [4.69, 9.17) is 10.5 Å². The monoisotopic (exact) mass is 314 g/mol. The maximum absolute atomic E-state index is 11.7. The van der Waals surface area contributed by atoms with Crippen molar-refractivity contribution in [3.05, 3.63) is 58.9 Å². The summed E-state index contributed by atoms with van der Waals surface area (Å²) in [6, 6.07) is 12.0. The van der Waals surface area contributed by atoms with Crippen LogP contribution in [-0.2, 0) is 28.9 Å². The van der Waals surface area contributed by atoms with Crippen molar-refractivity contribution in [2.45, 2.75) is 46.2 Å². The first-order valence-electron chi connectivity index (χ1n) is 8.14. The van der Waals surface area contributed by atoms with E-state index in [-0.39, 0.29) is 5.97 Å². The molecule has 2 N–H and O–H groups in total. The third kappa shape index (κ3) is 4.45. The Bertz CT molecular complexity index is 647. The van der Waals surface area contributed by atoms with Crippen molar-refractivity contribution in [1.82, 2.24) is 4.57 Å². The Hall–Kier alpha value is -2.07. The number of esters is 1. The van der Waals surface area contributed by atoms with Crippen LogP contribution in [0.4, 0.5) is 0 Å². The minimum absolute atomic E-state index is 0.332. The fourth-order valence-corrected chi connectivity index (χ4v) is 2.88. The van der Waals surface area contributed by atoms with Crippen LogP contribution in [0.5, 0.6) is 0 Å². The number of carbonyl (C=O) groups is 1. The van der Waals surface area contributed by atoms with Crippen LogP contribution in [0.1, 0.15) is 29.4 Å². The van der Waals surface area contributed by atoms with Crippen molar-refractivity contribution in [1.29, 1.82) is 0 Å². The molecule has 4 nitrogen and oxygen atoms in total. The van der Waals surface area contributed by atoms with Gasteiger partial charge in [-0.1, -0.05) is 30.3 Å². The van der Waals surface area contributed by atoms with Crippen molar-refractivity contribution < 1.29 is 9.53 Å². The van der Waals surface area contributed by atoms with Gasteiger partial charge >= 0.3 is 5.97 Å². The number of aromatic nitrogens is 1. The maximum Gasteiger partial charge on any atom is 0.323 e. The fraction of sp³-hybridized carbons (Fsp3) is 0.421.